The van der Waals surface area contributed by atoms with Crippen LogP contribution in [0.4, 0.5) is 4.79 Å². The Balaban J connectivity index is 1.78. The Morgan fingerprint density at radius 2 is 1.81 bits per heavy atom. The number of ether oxygens (including phenoxy) is 2. The molecule has 0 saturated carbocycles. The molecule has 140 valence electrons. The van der Waals surface area contributed by atoms with Gasteiger partial charge in [-0.25, -0.2) is 4.79 Å². The Morgan fingerprint density at radius 3 is 2.56 bits per heavy atom. The number of nitrogens with zero attached hydrogens (tertiary/aromatic N) is 2. The first-order valence-corrected chi connectivity index (χ1v) is 8.40. The number of aryl methyl sites for hydroxylation is 1. The molecule has 1 aromatic heterocycles. The third-order valence-electron chi connectivity index (χ3n) is 4.01. The summed E-state index contributed by atoms with van der Waals surface area (Å²) >= 11 is 0. The van der Waals surface area contributed by atoms with Crippen LogP contribution >= 0.6 is 0 Å². The van der Waals surface area contributed by atoms with E-state index in [9.17, 15) is 4.79 Å². The number of carbonyl (C=O) groups is 1. The summed E-state index contributed by atoms with van der Waals surface area (Å²) in [5.74, 6) is 0.927. The Kier molecular flexibility index (Phi) is 5.73. The van der Waals surface area contributed by atoms with Crippen molar-refractivity contribution in [1.82, 2.24) is 15.3 Å². The number of hydrogen-bond donors (Lipinski definition) is 1. The fourth-order valence-corrected chi connectivity index (χ4v) is 2.81. The molecule has 1 amide bonds. The minimum absolute atomic E-state index is 0.211. The van der Waals surface area contributed by atoms with Crippen molar-refractivity contribution < 1.29 is 19.1 Å². The summed E-state index contributed by atoms with van der Waals surface area (Å²) < 4.78 is 12.9. The molecule has 0 spiro atoms. The smallest absolute Gasteiger partial charge is 0.436 e. The fourth-order valence-electron chi connectivity index (χ4n) is 2.81. The first-order chi connectivity index (χ1) is 13.1. The fraction of sp³-hybridized carbons (Fsp3) is 0.200. The van der Waals surface area contributed by atoms with Crippen LogP contribution in [0, 0.1) is 6.92 Å². The molecular weight excluding hydrogens is 346 g/mol. The summed E-state index contributed by atoms with van der Waals surface area (Å²) in [5, 5.41) is 4.48. The molecule has 3 aromatic rings. The molecule has 0 fully saturated rings. The monoisotopic (exact) mass is 367 g/mol. The zero-order valence-electron chi connectivity index (χ0n) is 15.4. The third kappa shape index (κ3) is 4.27. The van der Waals surface area contributed by atoms with E-state index in [0.717, 1.165) is 22.4 Å². The van der Waals surface area contributed by atoms with Gasteiger partial charge in [0, 0.05) is 23.7 Å². The maximum atomic E-state index is 11.6. The number of rotatable bonds is 6. The third-order valence-corrected chi connectivity index (χ3v) is 4.01. The van der Waals surface area contributed by atoms with Crippen molar-refractivity contribution in [2.24, 2.45) is 7.05 Å². The molecule has 2 aromatic carbocycles. The molecule has 0 aliphatic heterocycles. The lowest BCUT2D eigenvalue weighted by Gasteiger charge is -2.10. The van der Waals surface area contributed by atoms with Crippen LogP contribution in [0.25, 0.3) is 11.3 Å². The molecule has 0 aliphatic rings. The topological polar surface area (TPSA) is 74.6 Å². The van der Waals surface area contributed by atoms with E-state index in [4.69, 9.17) is 9.47 Å². The van der Waals surface area contributed by atoms with Gasteiger partial charge in [0.2, 0.25) is 5.88 Å². The van der Waals surface area contributed by atoms with E-state index in [1.807, 2.05) is 56.4 Å². The minimum Gasteiger partial charge on any atom is -0.471 e. The Hall–Kier alpha value is -3.32. The Morgan fingerprint density at radius 1 is 1.11 bits per heavy atom. The second-order valence-electron chi connectivity index (χ2n) is 5.86. The van der Waals surface area contributed by atoms with E-state index < -0.39 is 6.09 Å². The summed E-state index contributed by atoms with van der Waals surface area (Å²) in [6, 6.07) is 17.2. The standard InChI is InChI=1S/C20H21N3O4/c1-14-18(15-9-5-4-6-10-15)23(2)21-19(14)26-13-16-11-7-8-12-17(16)27-20(24)22-25-3/h4-12H,13H2,1-3H3,(H,22,24). The van der Waals surface area contributed by atoms with Crippen molar-refractivity contribution in [1.29, 1.82) is 0 Å². The maximum Gasteiger partial charge on any atom is 0.436 e. The summed E-state index contributed by atoms with van der Waals surface area (Å²) in [4.78, 5) is 16.1. The highest BCUT2D eigenvalue weighted by atomic mass is 16.7. The Bertz CT molecular complexity index is 922. The molecule has 7 nitrogen and oxygen atoms in total. The molecule has 0 unspecified atom stereocenters. The van der Waals surface area contributed by atoms with Crippen molar-refractivity contribution >= 4 is 6.09 Å². The quantitative estimate of drug-likeness (QED) is 0.674. The van der Waals surface area contributed by atoms with Gasteiger partial charge in [0.1, 0.15) is 12.4 Å². The number of nitrogens with one attached hydrogen (secondary N) is 1. The van der Waals surface area contributed by atoms with Gasteiger partial charge < -0.3 is 9.47 Å². The molecule has 7 heteroatoms. The van der Waals surface area contributed by atoms with Crippen LogP contribution in [0.15, 0.2) is 54.6 Å². The molecule has 1 N–H and O–H groups in total. The molecule has 0 bridgehead atoms. The lowest BCUT2D eigenvalue weighted by atomic mass is 10.1. The van der Waals surface area contributed by atoms with Crippen molar-refractivity contribution in [2.75, 3.05) is 7.11 Å². The number of carbonyl (C=O) groups excluding carboxylic acids is 1. The largest absolute Gasteiger partial charge is 0.471 e. The highest BCUT2D eigenvalue weighted by molar-refractivity contribution is 5.69. The van der Waals surface area contributed by atoms with Crippen LogP contribution in [-0.2, 0) is 18.5 Å². The van der Waals surface area contributed by atoms with E-state index >= 15 is 0 Å². The lowest BCUT2D eigenvalue weighted by Crippen LogP contribution is -2.25. The normalized spacial score (nSPS) is 10.5. The van der Waals surface area contributed by atoms with Crippen LogP contribution in [0.1, 0.15) is 11.1 Å². The molecule has 27 heavy (non-hydrogen) atoms. The van der Waals surface area contributed by atoms with Gasteiger partial charge in [-0.3, -0.25) is 9.52 Å². The average Bonchev–Trinajstić information content (AvgIpc) is 2.95. The first-order valence-electron chi connectivity index (χ1n) is 8.40. The van der Waals surface area contributed by atoms with Gasteiger partial charge in [-0.1, -0.05) is 48.5 Å². The summed E-state index contributed by atoms with van der Waals surface area (Å²) in [6.45, 7) is 2.18. The molecule has 0 atom stereocenters. The van der Waals surface area contributed by atoms with Crippen LogP contribution in [0.2, 0.25) is 0 Å². The highest BCUT2D eigenvalue weighted by Gasteiger charge is 2.16. The number of hydroxylamine groups is 1. The number of amides is 1. The van der Waals surface area contributed by atoms with Gasteiger partial charge in [0.05, 0.1) is 12.8 Å². The second-order valence-corrected chi connectivity index (χ2v) is 5.86. The predicted octanol–water partition coefficient (Wildman–Crippen LogP) is 3.62. The molecule has 0 aliphatic carbocycles. The van der Waals surface area contributed by atoms with E-state index in [-0.39, 0.29) is 6.61 Å². The average molecular weight is 367 g/mol. The van der Waals surface area contributed by atoms with Gasteiger partial charge in [0.25, 0.3) is 0 Å². The summed E-state index contributed by atoms with van der Waals surface area (Å²) in [5.41, 5.74) is 5.84. The van der Waals surface area contributed by atoms with Crippen molar-refractivity contribution in [2.45, 2.75) is 13.5 Å². The van der Waals surface area contributed by atoms with Crippen LogP contribution in [-0.4, -0.2) is 23.0 Å². The molecule has 3 rings (SSSR count). The zero-order valence-corrected chi connectivity index (χ0v) is 15.4. The van der Waals surface area contributed by atoms with Crippen LogP contribution in [0.3, 0.4) is 0 Å². The lowest BCUT2D eigenvalue weighted by molar-refractivity contribution is 0.0842. The highest BCUT2D eigenvalue weighted by Crippen LogP contribution is 2.30. The maximum absolute atomic E-state index is 11.6. The molecule has 0 saturated heterocycles. The van der Waals surface area contributed by atoms with Gasteiger partial charge in [0.15, 0.2) is 0 Å². The SMILES string of the molecule is CONC(=O)Oc1ccccc1COc1nn(C)c(-c2ccccc2)c1C. The zero-order chi connectivity index (χ0) is 19.2. The first kappa shape index (κ1) is 18.5. The van der Waals surface area contributed by atoms with Crippen LogP contribution < -0.4 is 15.0 Å². The second kappa shape index (κ2) is 8.37. The molecule has 0 radical (unpaired) electrons. The summed E-state index contributed by atoms with van der Waals surface area (Å²) in [7, 11) is 3.22. The number of para-hydroxylation sites is 1. The minimum atomic E-state index is -0.703. The van der Waals surface area contributed by atoms with E-state index in [1.165, 1.54) is 7.11 Å². The number of hydrogen-bond acceptors (Lipinski definition) is 5. The van der Waals surface area contributed by atoms with Gasteiger partial charge in [-0.15, -0.1) is 5.10 Å². The summed E-state index contributed by atoms with van der Waals surface area (Å²) in [6.07, 6.45) is -0.703. The van der Waals surface area contributed by atoms with Crippen LogP contribution in [0.5, 0.6) is 11.6 Å². The predicted molar refractivity (Wildman–Crippen MR) is 100 cm³/mol. The van der Waals surface area contributed by atoms with Gasteiger partial charge in [-0.2, -0.15) is 5.48 Å². The van der Waals surface area contributed by atoms with Crippen molar-refractivity contribution in [3.63, 3.8) is 0 Å². The van der Waals surface area contributed by atoms with Crippen molar-refractivity contribution in [3.05, 3.63) is 65.7 Å². The van der Waals surface area contributed by atoms with E-state index in [2.05, 4.69) is 15.4 Å². The van der Waals surface area contributed by atoms with Crippen molar-refractivity contribution in [3.8, 4) is 22.9 Å². The molecular formula is C20H21N3O4. The molecule has 1 heterocycles. The Labute approximate surface area is 157 Å². The van der Waals surface area contributed by atoms with E-state index in [0.29, 0.717) is 11.6 Å². The number of aromatic nitrogens is 2. The van der Waals surface area contributed by atoms with E-state index in [1.54, 1.807) is 16.8 Å². The van der Waals surface area contributed by atoms with Gasteiger partial charge >= 0.3 is 6.09 Å². The van der Waals surface area contributed by atoms with Gasteiger partial charge in [-0.05, 0) is 13.0 Å². The number of benzene rings is 2.